The number of hydrogen-bond donors (Lipinski definition) is 3. The van der Waals surface area contributed by atoms with Crippen LogP contribution in [0.5, 0.6) is 0 Å². The highest BCUT2D eigenvalue weighted by atomic mass is 19.4. The zero-order valence-electron chi connectivity index (χ0n) is 20.1. The topological polar surface area (TPSA) is 123 Å². The number of hydrogen-bond acceptors (Lipinski definition) is 5. The van der Waals surface area contributed by atoms with Crippen LogP contribution in [-0.2, 0) is 20.5 Å². The number of carbonyl (C=O) groups excluding carboxylic acids is 2. The first-order valence-electron chi connectivity index (χ1n) is 12.3. The number of amides is 2. The number of carbonyl (C=O) groups is 3. The van der Waals surface area contributed by atoms with Gasteiger partial charge < -0.3 is 20.5 Å². The van der Waals surface area contributed by atoms with Crippen LogP contribution in [0.4, 0.5) is 13.2 Å². The van der Waals surface area contributed by atoms with Gasteiger partial charge in [-0.05, 0) is 37.8 Å². The molecule has 1 saturated heterocycles. The number of benzene rings is 1. The number of aliphatic carboxylic acids is 1. The van der Waals surface area contributed by atoms with Gasteiger partial charge in [-0.1, -0.05) is 31.0 Å². The summed E-state index contributed by atoms with van der Waals surface area (Å²) in [6, 6.07) is 4.60. The van der Waals surface area contributed by atoms with Gasteiger partial charge in [0.1, 0.15) is 6.04 Å². The summed E-state index contributed by atoms with van der Waals surface area (Å²) in [5.74, 6) is -2.78. The molecule has 2 amide bonds. The van der Waals surface area contributed by atoms with E-state index in [-0.39, 0.29) is 29.0 Å². The number of nitrogens with zero attached hydrogens (tertiary/aromatic N) is 2. The van der Waals surface area contributed by atoms with Gasteiger partial charge in [-0.2, -0.15) is 18.3 Å². The molecule has 0 spiro atoms. The number of carboxylic acid groups (broad SMARTS) is 1. The van der Waals surface area contributed by atoms with Crippen molar-refractivity contribution >= 4 is 17.8 Å². The van der Waals surface area contributed by atoms with E-state index in [0.717, 1.165) is 18.9 Å². The zero-order chi connectivity index (χ0) is 26.6. The number of nitrogens with one attached hydrogen (secondary N) is 2. The van der Waals surface area contributed by atoms with Crippen molar-refractivity contribution in [2.24, 2.45) is 0 Å². The monoisotopic (exact) mass is 522 g/mol. The quantitative estimate of drug-likeness (QED) is 0.488. The number of ether oxygens (including phenoxy) is 1. The number of rotatable bonds is 8. The number of aromatic nitrogens is 2. The number of alkyl halides is 3. The average molecular weight is 523 g/mol. The summed E-state index contributed by atoms with van der Waals surface area (Å²) >= 11 is 0. The van der Waals surface area contributed by atoms with Gasteiger partial charge in [0.25, 0.3) is 5.91 Å². The van der Waals surface area contributed by atoms with E-state index >= 15 is 0 Å². The van der Waals surface area contributed by atoms with Gasteiger partial charge in [-0.25, -0.2) is 0 Å². The molecule has 37 heavy (non-hydrogen) atoms. The van der Waals surface area contributed by atoms with Crippen molar-refractivity contribution in [1.29, 1.82) is 0 Å². The van der Waals surface area contributed by atoms with Crippen LogP contribution in [0.2, 0.25) is 0 Å². The minimum Gasteiger partial charge on any atom is -0.481 e. The minimum absolute atomic E-state index is 0.104. The van der Waals surface area contributed by atoms with Gasteiger partial charge in [-0.3, -0.25) is 19.1 Å². The molecule has 0 bridgehead atoms. The largest absolute Gasteiger partial charge is 0.481 e. The zero-order valence-corrected chi connectivity index (χ0v) is 20.1. The van der Waals surface area contributed by atoms with Gasteiger partial charge in [0.2, 0.25) is 5.91 Å². The molecule has 1 atom stereocenters. The lowest BCUT2D eigenvalue weighted by atomic mass is 10.0. The third kappa shape index (κ3) is 6.48. The summed E-state index contributed by atoms with van der Waals surface area (Å²) in [5, 5.41) is 18.8. The molecule has 0 unspecified atom stereocenters. The van der Waals surface area contributed by atoms with Crippen molar-refractivity contribution in [3.05, 3.63) is 41.6 Å². The first-order chi connectivity index (χ1) is 17.6. The molecule has 12 heteroatoms. The van der Waals surface area contributed by atoms with E-state index in [2.05, 4.69) is 15.7 Å². The van der Waals surface area contributed by atoms with E-state index < -0.39 is 42.0 Å². The molecule has 2 fully saturated rings. The van der Waals surface area contributed by atoms with Gasteiger partial charge >= 0.3 is 12.1 Å². The standard InChI is InChI=1S/C25H29F3N4O5/c26-25(27,28)18-8-4-3-7-17(18)21-13-20(31-32(21)16-5-1-2-6-16)24(36)30-19(14-22(33)34)23(35)29-15-9-11-37-12-10-15/h3-4,7-8,13,15-16,19H,1-2,5-6,9-12,14H2,(H,29,35)(H,30,36)(H,33,34)/t19-/m1/s1. The summed E-state index contributed by atoms with van der Waals surface area (Å²) in [7, 11) is 0. The Morgan fingerprint density at radius 1 is 1.11 bits per heavy atom. The average Bonchev–Trinajstić information content (AvgIpc) is 3.53. The minimum atomic E-state index is -4.61. The Kier molecular flexibility index (Phi) is 8.16. The molecule has 1 aromatic heterocycles. The molecule has 4 rings (SSSR count). The Bertz CT molecular complexity index is 1140. The molecule has 1 aliphatic carbocycles. The Morgan fingerprint density at radius 3 is 2.43 bits per heavy atom. The number of halogens is 3. The SMILES string of the molecule is O=C(O)C[C@@H](NC(=O)c1cc(-c2ccccc2C(F)(F)F)n(C2CCCC2)n1)C(=O)NC1CCOCC1. The predicted molar refractivity (Wildman–Crippen MR) is 126 cm³/mol. The van der Waals surface area contributed by atoms with Crippen LogP contribution in [-0.4, -0.2) is 58.0 Å². The second-order valence-corrected chi connectivity index (χ2v) is 9.36. The van der Waals surface area contributed by atoms with E-state index in [1.165, 1.54) is 28.9 Å². The molecule has 3 N–H and O–H groups in total. The molecular formula is C25H29F3N4O5. The van der Waals surface area contributed by atoms with Crippen molar-refractivity contribution in [2.75, 3.05) is 13.2 Å². The molecule has 2 aliphatic rings. The maximum absolute atomic E-state index is 13.8. The Morgan fingerprint density at radius 2 is 1.78 bits per heavy atom. The third-order valence-corrected chi connectivity index (χ3v) is 6.72. The fraction of sp³-hybridized carbons (Fsp3) is 0.520. The molecule has 200 valence electrons. The van der Waals surface area contributed by atoms with Crippen LogP contribution in [0.3, 0.4) is 0 Å². The lowest BCUT2D eigenvalue weighted by Gasteiger charge is -2.25. The van der Waals surface area contributed by atoms with Crippen LogP contribution >= 0.6 is 0 Å². The van der Waals surface area contributed by atoms with Crippen molar-refractivity contribution in [3.63, 3.8) is 0 Å². The molecule has 1 saturated carbocycles. The summed E-state index contributed by atoms with van der Waals surface area (Å²) in [6.45, 7) is 0.920. The normalized spacial score (nSPS) is 17.9. The summed E-state index contributed by atoms with van der Waals surface area (Å²) in [5.41, 5.74) is -0.993. The van der Waals surface area contributed by atoms with E-state index in [0.29, 0.717) is 38.9 Å². The molecule has 2 heterocycles. The van der Waals surface area contributed by atoms with Crippen LogP contribution in [0.15, 0.2) is 30.3 Å². The van der Waals surface area contributed by atoms with Crippen molar-refractivity contribution in [1.82, 2.24) is 20.4 Å². The van der Waals surface area contributed by atoms with Crippen LogP contribution in [0, 0.1) is 0 Å². The first-order valence-corrected chi connectivity index (χ1v) is 12.3. The van der Waals surface area contributed by atoms with Crippen molar-refractivity contribution < 1.29 is 37.4 Å². The second kappa shape index (κ2) is 11.3. The Balaban J connectivity index is 1.62. The highest BCUT2D eigenvalue weighted by Gasteiger charge is 2.36. The van der Waals surface area contributed by atoms with Crippen molar-refractivity contribution in [2.45, 2.75) is 69.2 Å². The molecule has 0 radical (unpaired) electrons. The highest BCUT2D eigenvalue weighted by Crippen LogP contribution is 2.40. The van der Waals surface area contributed by atoms with Crippen molar-refractivity contribution in [3.8, 4) is 11.3 Å². The molecule has 1 aromatic carbocycles. The van der Waals surface area contributed by atoms with Gasteiger partial charge in [-0.15, -0.1) is 0 Å². The maximum atomic E-state index is 13.8. The van der Waals surface area contributed by atoms with E-state index in [1.54, 1.807) is 0 Å². The lowest BCUT2D eigenvalue weighted by Crippen LogP contribution is -2.51. The van der Waals surface area contributed by atoms with E-state index in [4.69, 9.17) is 4.74 Å². The van der Waals surface area contributed by atoms with Gasteiger partial charge in [0.05, 0.1) is 23.7 Å². The van der Waals surface area contributed by atoms with E-state index in [9.17, 15) is 32.7 Å². The van der Waals surface area contributed by atoms with Crippen LogP contribution in [0.25, 0.3) is 11.3 Å². The molecule has 9 nitrogen and oxygen atoms in total. The second-order valence-electron chi connectivity index (χ2n) is 9.36. The van der Waals surface area contributed by atoms with E-state index in [1.807, 2.05) is 0 Å². The number of carboxylic acids is 1. The van der Waals surface area contributed by atoms with Gasteiger partial charge in [0, 0.05) is 24.8 Å². The summed E-state index contributed by atoms with van der Waals surface area (Å²) in [4.78, 5) is 37.3. The van der Waals surface area contributed by atoms with Crippen LogP contribution < -0.4 is 10.6 Å². The molecule has 2 aromatic rings. The molecular weight excluding hydrogens is 493 g/mol. The first kappa shape index (κ1) is 26.6. The maximum Gasteiger partial charge on any atom is 0.417 e. The fourth-order valence-corrected chi connectivity index (χ4v) is 4.85. The summed E-state index contributed by atoms with van der Waals surface area (Å²) in [6.07, 6.45) is -0.954. The third-order valence-electron chi connectivity index (χ3n) is 6.72. The Labute approximate surface area is 211 Å². The smallest absolute Gasteiger partial charge is 0.417 e. The fourth-order valence-electron chi connectivity index (χ4n) is 4.85. The predicted octanol–water partition coefficient (Wildman–Crippen LogP) is 3.55. The lowest BCUT2D eigenvalue weighted by molar-refractivity contribution is -0.140. The highest BCUT2D eigenvalue weighted by molar-refractivity contribution is 5.98. The molecule has 1 aliphatic heterocycles. The summed E-state index contributed by atoms with van der Waals surface area (Å²) < 4.78 is 48.0. The van der Waals surface area contributed by atoms with Crippen LogP contribution in [0.1, 0.15) is 67.0 Å². The Hall–Kier alpha value is -3.41. The van der Waals surface area contributed by atoms with Gasteiger partial charge in [0.15, 0.2) is 5.69 Å².